The summed E-state index contributed by atoms with van der Waals surface area (Å²) in [5.41, 5.74) is 0.0334. The molecule has 0 fully saturated rings. The molecular weight excluding hydrogens is 162 g/mol. The molecule has 2 heteroatoms. The molecule has 0 radical (unpaired) electrons. The van der Waals surface area contributed by atoms with Crippen molar-refractivity contribution in [1.29, 1.82) is 0 Å². The third-order valence-corrected chi connectivity index (χ3v) is 2.35. The Hall–Kier alpha value is -0.0800. The van der Waals surface area contributed by atoms with Gasteiger partial charge in [0.1, 0.15) is 0 Å². The SMILES string of the molecule is CCNCCC(C)OC(C)(C)CC. The lowest BCUT2D eigenvalue weighted by molar-refractivity contribution is -0.0677. The van der Waals surface area contributed by atoms with E-state index in [9.17, 15) is 0 Å². The van der Waals surface area contributed by atoms with Crippen molar-refractivity contribution in [2.24, 2.45) is 0 Å². The first-order chi connectivity index (χ1) is 6.02. The largest absolute Gasteiger partial charge is 0.373 e. The minimum absolute atomic E-state index is 0.0334. The van der Waals surface area contributed by atoms with Crippen molar-refractivity contribution < 1.29 is 4.74 Å². The van der Waals surface area contributed by atoms with Gasteiger partial charge >= 0.3 is 0 Å². The molecule has 1 atom stereocenters. The van der Waals surface area contributed by atoms with Crippen LogP contribution in [-0.4, -0.2) is 24.8 Å². The van der Waals surface area contributed by atoms with E-state index in [1.54, 1.807) is 0 Å². The number of rotatable bonds is 7. The molecule has 2 nitrogen and oxygen atoms in total. The molecule has 0 spiro atoms. The van der Waals surface area contributed by atoms with Crippen molar-refractivity contribution >= 4 is 0 Å². The van der Waals surface area contributed by atoms with E-state index >= 15 is 0 Å². The summed E-state index contributed by atoms with van der Waals surface area (Å²) in [6.07, 6.45) is 2.52. The molecule has 0 saturated heterocycles. The number of nitrogens with one attached hydrogen (secondary N) is 1. The summed E-state index contributed by atoms with van der Waals surface area (Å²) in [5, 5.41) is 3.30. The topological polar surface area (TPSA) is 21.3 Å². The highest BCUT2D eigenvalue weighted by molar-refractivity contribution is 4.68. The maximum absolute atomic E-state index is 5.89. The fourth-order valence-corrected chi connectivity index (χ4v) is 1.17. The lowest BCUT2D eigenvalue weighted by Gasteiger charge is -2.28. The first-order valence-electron chi connectivity index (χ1n) is 5.40. The lowest BCUT2D eigenvalue weighted by Crippen LogP contribution is -2.30. The van der Waals surface area contributed by atoms with Crippen LogP contribution in [0.1, 0.15) is 47.5 Å². The van der Waals surface area contributed by atoms with E-state index in [-0.39, 0.29) is 5.60 Å². The standard InChI is InChI=1S/C11H25NO/c1-6-11(4,5)13-10(3)8-9-12-7-2/h10,12H,6-9H2,1-5H3. The summed E-state index contributed by atoms with van der Waals surface area (Å²) in [6, 6.07) is 0. The molecule has 0 saturated carbocycles. The van der Waals surface area contributed by atoms with Gasteiger partial charge in [0.15, 0.2) is 0 Å². The van der Waals surface area contributed by atoms with Gasteiger partial charge in [-0.2, -0.15) is 0 Å². The van der Waals surface area contributed by atoms with Crippen LogP contribution in [0, 0.1) is 0 Å². The van der Waals surface area contributed by atoms with Crippen molar-refractivity contribution in [2.45, 2.75) is 59.2 Å². The Kier molecular flexibility index (Phi) is 6.35. The fourth-order valence-electron chi connectivity index (χ4n) is 1.17. The van der Waals surface area contributed by atoms with E-state index in [1.807, 2.05) is 0 Å². The maximum Gasteiger partial charge on any atom is 0.0627 e. The van der Waals surface area contributed by atoms with Gasteiger partial charge in [0.05, 0.1) is 11.7 Å². The summed E-state index contributed by atoms with van der Waals surface area (Å²) in [4.78, 5) is 0. The predicted octanol–water partition coefficient (Wildman–Crippen LogP) is 2.58. The minimum atomic E-state index is 0.0334. The van der Waals surface area contributed by atoms with Crippen LogP contribution in [0.25, 0.3) is 0 Å². The third kappa shape index (κ3) is 7.03. The summed E-state index contributed by atoms with van der Waals surface area (Å²) in [7, 11) is 0. The van der Waals surface area contributed by atoms with Crippen LogP contribution in [0.5, 0.6) is 0 Å². The zero-order chi connectivity index (χ0) is 10.3. The zero-order valence-electron chi connectivity index (χ0n) is 9.81. The minimum Gasteiger partial charge on any atom is -0.373 e. The Labute approximate surface area is 83.1 Å². The molecule has 0 bridgehead atoms. The van der Waals surface area contributed by atoms with Crippen LogP contribution in [0.2, 0.25) is 0 Å². The second-order valence-corrected chi connectivity index (χ2v) is 4.18. The Morgan fingerprint density at radius 2 is 1.92 bits per heavy atom. The normalized spacial score (nSPS) is 14.5. The third-order valence-electron chi connectivity index (χ3n) is 2.35. The Balaban J connectivity index is 3.55. The predicted molar refractivity (Wildman–Crippen MR) is 58.1 cm³/mol. The molecule has 1 N–H and O–H groups in total. The van der Waals surface area contributed by atoms with Gasteiger partial charge in [-0.25, -0.2) is 0 Å². The second-order valence-electron chi connectivity index (χ2n) is 4.18. The van der Waals surface area contributed by atoms with Crippen molar-refractivity contribution in [3.8, 4) is 0 Å². The summed E-state index contributed by atoms with van der Waals surface area (Å²) >= 11 is 0. The summed E-state index contributed by atoms with van der Waals surface area (Å²) in [5.74, 6) is 0. The molecule has 0 rings (SSSR count). The number of hydrogen-bond donors (Lipinski definition) is 1. The quantitative estimate of drug-likeness (QED) is 0.619. The van der Waals surface area contributed by atoms with E-state index in [0.717, 1.165) is 25.9 Å². The molecule has 0 aromatic carbocycles. The number of ether oxygens (including phenoxy) is 1. The van der Waals surface area contributed by atoms with Crippen LogP contribution in [-0.2, 0) is 4.74 Å². The van der Waals surface area contributed by atoms with Crippen molar-refractivity contribution in [1.82, 2.24) is 5.32 Å². The first kappa shape index (κ1) is 12.9. The summed E-state index contributed by atoms with van der Waals surface area (Å²) in [6.45, 7) is 12.8. The highest BCUT2D eigenvalue weighted by Crippen LogP contribution is 2.17. The van der Waals surface area contributed by atoms with Crippen LogP contribution >= 0.6 is 0 Å². The Morgan fingerprint density at radius 1 is 1.31 bits per heavy atom. The monoisotopic (exact) mass is 187 g/mol. The molecule has 0 aliphatic carbocycles. The van der Waals surface area contributed by atoms with Gasteiger partial charge in [0.2, 0.25) is 0 Å². The molecule has 80 valence electrons. The molecule has 0 aromatic rings. The molecule has 13 heavy (non-hydrogen) atoms. The second kappa shape index (κ2) is 6.39. The average Bonchev–Trinajstić information content (AvgIpc) is 2.04. The van der Waals surface area contributed by atoms with Crippen LogP contribution in [0.15, 0.2) is 0 Å². The average molecular weight is 187 g/mol. The van der Waals surface area contributed by atoms with Gasteiger partial charge in [-0.15, -0.1) is 0 Å². The van der Waals surface area contributed by atoms with Gasteiger partial charge in [-0.05, 0) is 46.7 Å². The van der Waals surface area contributed by atoms with Crippen molar-refractivity contribution in [3.63, 3.8) is 0 Å². The molecule has 0 heterocycles. The molecule has 0 aliphatic heterocycles. The first-order valence-corrected chi connectivity index (χ1v) is 5.40. The zero-order valence-corrected chi connectivity index (χ0v) is 9.81. The van der Waals surface area contributed by atoms with Gasteiger partial charge in [0, 0.05) is 0 Å². The fraction of sp³-hybridized carbons (Fsp3) is 1.00. The highest BCUT2D eigenvalue weighted by Gasteiger charge is 2.18. The van der Waals surface area contributed by atoms with Gasteiger partial charge in [-0.1, -0.05) is 13.8 Å². The molecule has 1 unspecified atom stereocenters. The number of hydrogen-bond acceptors (Lipinski definition) is 2. The van der Waals surface area contributed by atoms with E-state index in [0.29, 0.717) is 6.10 Å². The van der Waals surface area contributed by atoms with Crippen molar-refractivity contribution in [2.75, 3.05) is 13.1 Å². The van der Waals surface area contributed by atoms with Crippen molar-refractivity contribution in [3.05, 3.63) is 0 Å². The molecule has 0 amide bonds. The molecular formula is C11H25NO. The van der Waals surface area contributed by atoms with Crippen LogP contribution in [0.4, 0.5) is 0 Å². The lowest BCUT2D eigenvalue weighted by atomic mass is 10.1. The van der Waals surface area contributed by atoms with E-state index < -0.39 is 0 Å². The van der Waals surface area contributed by atoms with Gasteiger partial charge in [-0.3, -0.25) is 0 Å². The van der Waals surface area contributed by atoms with Gasteiger partial charge in [0.25, 0.3) is 0 Å². The van der Waals surface area contributed by atoms with Gasteiger partial charge < -0.3 is 10.1 Å². The van der Waals surface area contributed by atoms with E-state index in [4.69, 9.17) is 4.74 Å². The smallest absolute Gasteiger partial charge is 0.0627 e. The van der Waals surface area contributed by atoms with Crippen LogP contribution in [0.3, 0.4) is 0 Å². The summed E-state index contributed by atoms with van der Waals surface area (Å²) < 4.78 is 5.89. The Morgan fingerprint density at radius 3 is 2.38 bits per heavy atom. The van der Waals surface area contributed by atoms with E-state index in [1.165, 1.54) is 0 Å². The van der Waals surface area contributed by atoms with E-state index in [2.05, 4.69) is 39.9 Å². The Bertz CT molecular complexity index is 123. The molecule has 0 aromatic heterocycles. The highest BCUT2D eigenvalue weighted by atomic mass is 16.5. The molecule has 0 aliphatic rings. The maximum atomic E-state index is 5.89. The van der Waals surface area contributed by atoms with Crippen LogP contribution < -0.4 is 5.32 Å².